The number of benzene rings is 1. The normalized spacial score (nSPS) is 9.90. The van der Waals surface area contributed by atoms with Gasteiger partial charge >= 0.3 is 0 Å². The number of aromatic nitrogens is 1. The van der Waals surface area contributed by atoms with Gasteiger partial charge in [-0.1, -0.05) is 18.2 Å². The summed E-state index contributed by atoms with van der Waals surface area (Å²) in [6.45, 7) is 0.401. The van der Waals surface area contributed by atoms with Crippen molar-refractivity contribution in [3.8, 4) is 5.75 Å². The van der Waals surface area contributed by atoms with Gasteiger partial charge in [-0.25, -0.2) is 4.98 Å². The van der Waals surface area contributed by atoms with Crippen LogP contribution in [0.3, 0.4) is 0 Å². The van der Waals surface area contributed by atoms with Crippen LogP contribution in [0.1, 0.15) is 16.1 Å². The zero-order valence-electron chi connectivity index (χ0n) is 11.5. The number of nitrogens with one attached hydrogen (secondary N) is 2. The van der Waals surface area contributed by atoms with E-state index < -0.39 is 0 Å². The molecule has 104 valence electrons. The summed E-state index contributed by atoms with van der Waals surface area (Å²) in [5, 5.41) is 5.78. The minimum Gasteiger partial charge on any atom is -0.496 e. The lowest BCUT2D eigenvalue weighted by molar-refractivity contribution is 0.0946. The van der Waals surface area contributed by atoms with Gasteiger partial charge in [0, 0.05) is 19.2 Å². The number of pyridine rings is 1. The van der Waals surface area contributed by atoms with E-state index in [0.717, 1.165) is 17.0 Å². The van der Waals surface area contributed by atoms with Crippen LogP contribution < -0.4 is 15.4 Å². The first-order valence-corrected chi connectivity index (χ1v) is 6.28. The van der Waals surface area contributed by atoms with E-state index in [2.05, 4.69) is 15.6 Å². The number of para-hydroxylation sites is 1. The van der Waals surface area contributed by atoms with Crippen molar-refractivity contribution in [2.45, 2.75) is 6.54 Å². The molecule has 0 saturated carbocycles. The maximum atomic E-state index is 12.0. The lowest BCUT2D eigenvalue weighted by atomic mass is 10.2. The van der Waals surface area contributed by atoms with E-state index in [-0.39, 0.29) is 5.91 Å². The van der Waals surface area contributed by atoms with Crippen molar-refractivity contribution in [1.29, 1.82) is 0 Å². The predicted octanol–water partition coefficient (Wildman–Crippen LogP) is 2.06. The van der Waals surface area contributed by atoms with Gasteiger partial charge in [0.15, 0.2) is 0 Å². The molecule has 20 heavy (non-hydrogen) atoms. The Hall–Kier alpha value is -2.56. The van der Waals surface area contributed by atoms with Gasteiger partial charge in [-0.05, 0) is 18.2 Å². The average molecular weight is 271 g/mol. The molecule has 0 unspecified atom stereocenters. The van der Waals surface area contributed by atoms with Crippen LogP contribution in [0, 0.1) is 0 Å². The first kappa shape index (κ1) is 13.9. The Labute approximate surface area is 118 Å². The number of methoxy groups -OCH3 is 1. The van der Waals surface area contributed by atoms with Gasteiger partial charge < -0.3 is 15.4 Å². The van der Waals surface area contributed by atoms with E-state index in [1.54, 1.807) is 26.4 Å². The topological polar surface area (TPSA) is 63.2 Å². The summed E-state index contributed by atoms with van der Waals surface area (Å²) in [5.74, 6) is 0.546. The molecule has 0 spiro atoms. The van der Waals surface area contributed by atoms with Crippen LogP contribution in [0.2, 0.25) is 0 Å². The van der Waals surface area contributed by atoms with E-state index >= 15 is 0 Å². The van der Waals surface area contributed by atoms with Gasteiger partial charge in [0.1, 0.15) is 11.4 Å². The lowest BCUT2D eigenvalue weighted by Crippen LogP contribution is -2.24. The third-order valence-electron chi connectivity index (χ3n) is 2.92. The molecule has 1 amide bonds. The molecule has 0 radical (unpaired) electrons. The molecule has 0 aliphatic rings. The van der Waals surface area contributed by atoms with Gasteiger partial charge in [-0.3, -0.25) is 4.79 Å². The average Bonchev–Trinajstić information content (AvgIpc) is 2.53. The Bertz CT molecular complexity index is 582. The molecule has 1 heterocycles. The number of ether oxygens (including phenoxy) is 1. The number of carbonyl (C=O) groups excluding carboxylic acids is 1. The van der Waals surface area contributed by atoms with Crippen molar-refractivity contribution >= 4 is 11.6 Å². The van der Waals surface area contributed by atoms with Crippen molar-refractivity contribution < 1.29 is 9.53 Å². The van der Waals surface area contributed by atoms with Gasteiger partial charge in [0.05, 0.1) is 19.0 Å². The summed E-state index contributed by atoms with van der Waals surface area (Å²) >= 11 is 0. The molecule has 5 nitrogen and oxygen atoms in total. The first-order chi connectivity index (χ1) is 9.74. The maximum Gasteiger partial charge on any atom is 0.270 e. The first-order valence-electron chi connectivity index (χ1n) is 6.28. The second kappa shape index (κ2) is 6.56. The molecule has 0 aliphatic heterocycles. The smallest absolute Gasteiger partial charge is 0.270 e. The quantitative estimate of drug-likeness (QED) is 0.873. The molecule has 5 heteroatoms. The fraction of sp³-hybridized carbons (Fsp3) is 0.200. The van der Waals surface area contributed by atoms with E-state index in [9.17, 15) is 4.79 Å². The minimum absolute atomic E-state index is 0.210. The Balaban J connectivity index is 2.01. The van der Waals surface area contributed by atoms with Crippen LogP contribution in [-0.2, 0) is 6.54 Å². The number of nitrogens with zero attached hydrogens (tertiary/aromatic N) is 1. The second-order valence-electron chi connectivity index (χ2n) is 4.18. The molecule has 0 atom stereocenters. The summed E-state index contributed by atoms with van der Waals surface area (Å²) in [6.07, 6.45) is 1.62. The highest BCUT2D eigenvalue weighted by Crippen LogP contribution is 2.16. The largest absolute Gasteiger partial charge is 0.496 e. The van der Waals surface area contributed by atoms with Crippen LogP contribution in [-0.4, -0.2) is 25.0 Å². The molecule has 0 fully saturated rings. The SMILES string of the molecule is CNc1ccc(C(=O)NCc2ccccc2OC)nc1. The molecule has 1 aromatic carbocycles. The summed E-state index contributed by atoms with van der Waals surface area (Å²) in [7, 11) is 3.41. The highest BCUT2D eigenvalue weighted by Gasteiger charge is 2.08. The van der Waals surface area contributed by atoms with Crippen molar-refractivity contribution in [1.82, 2.24) is 10.3 Å². The Morgan fingerprint density at radius 3 is 2.70 bits per heavy atom. The van der Waals surface area contributed by atoms with Gasteiger partial charge in [0.2, 0.25) is 0 Å². The Morgan fingerprint density at radius 2 is 2.05 bits per heavy atom. The zero-order chi connectivity index (χ0) is 14.4. The highest BCUT2D eigenvalue weighted by atomic mass is 16.5. The summed E-state index contributed by atoms with van der Waals surface area (Å²) in [5.41, 5.74) is 2.18. The molecule has 2 aromatic rings. The molecular weight excluding hydrogens is 254 g/mol. The van der Waals surface area contributed by atoms with Crippen LogP contribution in [0.4, 0.5) is 5.69 Å². The fourth-order valence-corrected chi connectivity index (χ4v) is 1.79. The highest BCUT2D eigenvalue weighted by molar-refractivity contribution is 5.92. The molecule has 0 aliphatic carbocycles. The summed E-state index contributed by atoms with van der Waals surface area (Å²) < 4.78 is 5.24. The van der Waals surface area contributed by atoms with Crippen LogP contribution in [0.15, 0.2) is 42.6 Å². The van der Waals surface area contributed by atoms with Crippen LogP contribution >= 0.6 is 0 Å². The third kappa shape index (κ3) is 3.26. The van der Waals surface area contributed by atoms with E-state index in [1.807, 2.05) is 30.3 Å². The van der Waals surface area contributed by atoms with Crippen molar-refractivity contribution in [3.63, 3.8) is 0 Å². The predicted molar refractivity (Wildman–Crippen MR) is 77.9 cm³/mol. The lowest BCUT2D eigenvalue weighted by Gasteiger charge is -2.09. The van der Waals surface area contributed by atoms with Crippen molar-refractivity contribution in [2.24, 2.45) is 0 Å². The number of hydrogen-bond acceptors (Lipinski definition) is 4. The molecule has 0 bridgehead atoms. The second-order valence-corrected chi connectivity index (χ2v) is 4.18. The summed E-state index contributed by atoms with van der Waals surface area (Å²) in [4.78, 5) is 16.1. The number of rotatable bonds is 5. The monoisotopic (exact) mass is 271 g/mol. The fourth-order valence-electron chi connectivity index (χ4n) is 1.79. The van der Waals surface area contributed by atoms with Crippen LogP contribution in [0.25, 0.3) is 0 Å². The van der Waals surface area contributed by atoms with E-state index in [1.165, 1.54) is 0 Å². The Morgan fingerprint density at radius 1 is 1.25 bits per heavy atom. The number of carbonyl (C=O) groups is 1. The molecule has 2 rings (SSSR count). The Kier molecular flexibility index (Phi) is 4.55. The van der Waals surface area contributed by atoms with E-state index in [4.69, 9.17) is 4.74 Å². The molecule has 0 saturated heterocycles. The van der Waals surface area contributed by atoms with E-state index in [0.29, 0.717) is 12.2 Å². The van der Waals surface area contributed by atoms with Crippen LogP contribution in [0.5, 0.6) is 5.75 Å². The van der Waals surface area contributed by atoms with Crippen molar-refractivity contribution in [2.75, 3.05) is 19.5 Å². The molecule has 1 aromatic heterocycles. The number of anilines is 1. The molecule has 2 N–H and O–H groups in total. The minimum atomic E-state index is -0.210. The van der Waals surface area contributed by atoms with Gasteiger partial charge in [-0.15, -0.1) is 0 Å². The summed E-state index contributed by atoms with van der Waals surface area (Å²) in [6, 6.07) is 11.1. The standard InChI is InChI=1S/C15H17N3O2/c1-16-12-7-8-13(17-10-12)15(19)18-9-11-5-3-4-6-14(11)20-2/h3-8,10,16H,9H2,1-2H3,(H,18,19). The van der Waals surface area contributed by atoms with Crippen molar-refractivity contribution in [3.05, 3.63) is 53.9 Å². The molecular formula is C15H17N3O2. The number of hydrogen-bond donors (Lipinski definition) is 2. The maximum absolute atomic E-state index is 12.0. The zero-order valence-corrected chi connectivity index (χ0v) is 11.5. The number of amides is 1. The van der Waals surface area contributed by atoms with Gasteiger partial charge in [-0.2, -0.15) is 0 Å². The third-order valence-corrected chi connectivity index (χ3v) is 2.92. The van der Waals surface area contributed by atoms with Gasteiger partial charge in [0.25, 0.3) is 5.91 Å².